The SMILES string of the molecule is COc1cccn2c(CC3CCCN3)nc(Cl)c12. The summed E-state index contributed by atoms with van der Waals surface area (Å²) in [4.78, 5) is 4.47. The zero-order valence-corrected chi connectivity index (χ0v) is 11.1. The molecule has 1 N–H and O–H groups in total. The molecular weight excluding hydrogens is 250 g/mol. The molecule has 3 heterocycles. The van der Waals surface area contributed by atoms with Crippen LogP contribution in [0.5, 0.6) is 5.75 Å². The number of nitrogens with one attached hydrogen (secondary N) is 1. The maximum absolute atomic E-state index is 6.21. The Kier molecular flexibility index (Phi) is 3.14. The molecule has 2 aromatic heterocycles. The van der Waals surface area contributed by atoms with Gasteiger partial charge in [0.25, 0.3) is 0 Å². The topological polar surface area (TPSA) is 38.6 Å². The van der Waals surface area contributed by atoms with Crippen LogP contribution >= 0.6 is 11.6 Å². The second-order valence-electron chi connectivity index (χ2n) is 4.61. The number of hydrogen-bond donors (Lipinski definition) is 1. The average molecular weight is 266 g/mol. The predicted molar refractivity (Wildman–Crippen MR) is 71.5 cm³/mol. The van der Waals surface area contributed by atoms with Gasteiger partial charge in [-0.25, -0.2) is 4.98 Å². The lowest BCUT2D eigenvalue weighted by Gasteiger charge is -2.09. The standard InChI is InChI=1S/C13H16ClN3O/c1-18-10-5-3-7-17-11(16-13(14)12(10)17)8-9-4-2-6-15-9/h3,5,7,9,15H,2,4,6,8H2,1H3. The smallest absolute Gasteiger partial charge is 0.158 e. The molecule has 1 aliphatic heterocycles. The molecule has 1 atom stereocenters. The average Bonchev–Trinajstić information content (AvgIpc) is 2.99. The molecule has 1 aliphatic rings. The van der Waals surface area contributed by atoms with E-state index in [1.54, 1.807) is 7.11 Å². The Labute approximate surface area is 111 Å². The second-order valence-corrected chi connectivity index (χ2v) is 4.97. The van der Waals surface area contributed by atoms with Crippen LogP contribution in [-0.4, -0.2) is 29.1 Å². The molecule has 0 aromatic carbocycles. The predicted octanol–water partition coefficient (Wildman–Crippen LogP) is 2.29. The van der Waals surface area contributed by atoms with E-state index in [1.807, 2.05) is 22.7 Å². The Morgan fingerprint density at radius 3 is 3.22 bits per heavy atom. The van der Waals surface area contributed by atoms with Crippen molar-refractivity contribution in [2.45, 2.75) is 25.3 Å². The fourth-order valence-corrected chi connectivity index (χ4v) is 2.87. The first-order valence-corrected chi connectivity index (χ1v) is 6.60. The van der Waals surface area contributed by atoms with Crippen LogP contribution in [-0.2, 0) is 6.42 Å². The summed E-state index contributed by atoms with van der Waals surface area (Å²) in [5, 5.41) is 3.99. The number of nitrogens with zero attached hydrogens (tertiary/aromatic N) is 2. The Bertz CT molecular complexity index is 561. The van der Waals surface area contributed by atoms with Gasteiger partial charge in [0.15, 0.2) is 5.15 Å². The van der Waals surface area contributed by atoms with Crippen molar-refractivity contribution >= 4 is 17.1 Å². The van der Waals surface area contributed by atoms with E-state index >= 15 is 0 Å². The van der Waals surface area contributed by atoms with Crippen LogP contribution in [0, 0.1) is 0 Å². The van der Waals surface area contributed by atoms with Crippen molar-refractivity contribution in [2.24, 2.45) is 0 Å². The van der Waals surface area contributed by atoms with E-state index in [4.69, 9.17) is 16.3 Å². The number of imidazole rings is 1. The lowest BCUT2D eigenvalue weighted by atomic mass is 10.1. The van der Waals surface area contributed by atoms with Gasteiger partial charge in [0, 0.05) is 18.7 Å². The van der Waals surface area contributed by atoms with Crippen molar-refractivity contribution in [1.82, 2.24) is 14.7 Å². The molecule has 4 nitrogen and oxygen atoms in total. The van der Waals surface area contributed by atoms with E-state index in [0.717, 1.165) is 30.1 Å². The van der Waals surface area contributed by atoms with Crippen LogP contribution in [0.1, 0.15) is 18.7 Å². The van der Waals surface area contributed by atoms with Gasteiger partial charge in [-0.1, -0.05) is 11.6 Å². The van der Waals surface area contributed by atoms with Crippen LogP contribution in [0.4, 0.5) is 0 Å². The number of ether oxygens (including phenoxy) is 1. The minimum atomic E-state index is 0.512. The van der Waals surface area contributed by atoms with Gasteiger partial charge in [0.1, 0.15) is 17.1 Å². The number of halogens is 1. The third kappa shape index (κ3) is 1.95. The quantitative estimate of drug-likeness (QED) is 0.925. The van der Waals surface area contributed by atoms with Gasteiger partial charge < -0.3 is 10.1 Å². The van der Waals surface area contributed by atoms with Gasteiger partial charge >= 0.3 is 0 Å². The molecule has 0 spiro atoms. The monoisotopic (exact) mass is 265 g/mol. The molecule has 0 amide bonds. The molecule has 0 bridgehead atoms. The zero-order chi connectivity index (χ0) is 12.5. The Balaban J connectivity index is 2.02. The molecule has 0 radical (unpaired) electrons. The molecule has 1 saturated heterocycles. The van der Waals surface area contributed by atoms with Crippen LogP contribution < -0.4 is 10.1 Å². The molecular formula is C13H16ClN3O. The molecule has 18 heavy (non-hydrogen) atoms. The number of methoxy groups -OCH3 is 1. The molecule has 96 valence electrons. The molecule has 2 aromatic rings. The number of aromatic nitrogens is 2. The molecule has 1 unspecified atom stereocenters. The van der Waals surface area contributed by atoms with Gasteiger partial charge in [-0.15, -0.1) is 0 Å². The molecule has 1 fully saturated rings. The van der Waals surface area contributed by atoms with E-state index in [2.05, 4.69) is 10.3 Å². The van der Waals surface area contributed by atoms with Gasteiger partial charge in [0.2, 0.25) is 0 Å². The number of rotatable bonds is 3. The summed E-state index contributed by atoms with van der Waals surface area (Å²) >= 11 is 6.21. The van der Waals surface area contributed by atoms with E-state index in [-0.39, 0.29) is 0 Å². The zero-order valence-electron chi connectivity index (χ0n) is 10.3. The van der Waals surface area contributed by atoms with Crippen LogP contribution in [0.3, 0.4) is 0 Å². The second kappa shape index (κ2) is 4.78. The summed E-state index contributed by atoms with van der Waals surface area (Å²) in [5.41, 5.74) is 0.856. The van der Waals surface area contributed by atoms with Gasteiger partial charge in [-0.2, -0.15) is 0 Å². The minimum absolute atomic E-state index is 0.512. The Morgan fingerprint density at radius 2 is 2.50 bits per heavy atom. The highest BCUT2D eigenvalue weighted by molar-refractivity contribution is 6.33. The number of pyridine rings is 1. The summed E-state index contributed by atoms with van der Waals surface area (Å²) in [5.74, 6) is 1.76. The van der Waals surface area contributed by atoms with Crippen molar-refractivity contribution < 1.29 is 4.74 Å². The van der Waals surface area contributed by atoms with Crippen molar-refractivity contribution in [3.05, 3.63) is 29.3 Å². The highest BCUT2D eigenvalue weighted by Crippen LogP contribution is 2.28. The summed E-state index contributed by atoms with van der Waals surface area (Å²) in [7, 11) is 1.65. The van der Waals surface area contributed by atoms with E-state index in [1.165, 1.54) is 12.8 Å². The third-order valence-corrected chi connectivity index (χ3v) is 3.73. The summed E-state index contributed by atoms with van der Waals surface area (Å²) in [6.07, 6.45) is 5.34. The van der Waals surface area contributed by atoms with Crippen LogP contribution in [0.25, 0.3) is 5.52 Å². The Hall–Kier alpha value is -1.26. The first-order chi connectivity index (χ1) is 8.79. The van der Waals surface area contributed by atoms with E-state index < -0.39 is 0 Å². The summed E-state index contributed by atoms with van der Waals surface area (Å²) in [6, 6.07) is 4.37. The fraction of sp³-hybridized carbons (Fsp3) is 0.462. The summed E-state index contributed by atoms with van der Waals surface area (Å²) in [6.45, 7) is 1.10. The summed E-state index contributed by atoms with van der Waals surface area (Å²) < 4.78 is 7.36. The van der Waals surface area contributed by atoms with Crippen molar-refractivity contribution in [3.63, 3.8) is 0 Å². The first kappa shape index (κ1) is 11.8. The van der Waals surface area contributed by atoms with Crippen LogP contribution in [0.2, 0.25) is 5.15 Å². The highest BCUT2D eigenvalue weighted by atomic mass is 35.5. The minimum Gasteiger partial charge on any atom is -0.494 e. The maximum Gasteiger partial charge on any atom is 0.158 e. The van der Waals surface area contributed by atoms with Crippen molar-refractivity contribution in [2.75, 3.05) is 13.7 Å². The molecule has 3 rings (SSSR count). The van der Waals surface area contributed by atoms with Crippen molar-refractivity contribution in [1.29, 1.82) is 0 Å². The molecule has 0 aliphatic carbocycles. The lowest BCUT2D eigenvalue weighted by Crippen LogP contribution is -2.24. The van der Waals surface area contributed by atoms with Gasteiger partial charge in [-0.05, 0) is 31.5 Å². The lowest BCUT2D eigenvalue weighted by molar-refractivity contribution is 0.417. The van der Waals surface area contributed by atoms with Crippen molar-refractivity contribution in [3.8, 4) is 5.75 Å². The number of hydrogen-bond acceptors (Lipinski definition) is 3. The third-order valence-electron chi connectivity index (χ3n) is 3.47. The first-order valence-electron chi connectivity index (χ1n) is 6.22. The van der Waals surface area contributed by atoms with Gasteiger partial charge in [0.05, 0.1) is 7.11 Å². The maximum atomic E-state index is 6.21. The molecule has 0 saturated carbocycles. The Morgan fingerprint density at radius 1 is 1.61 bits per heavy atom. The largest absolute Gasteiger partial charge is 0.494 e. The highest BCUT2D eigenvalue weighted by Gasteiger charge is 2.19. The van der Waals surface area contributed by atoms with Crippen LogP contribution in [0.15, 0.2) is 18.3 Å². The fourth-order valence-electron chi connectivity index (χ4n) is 2.58. The van der Waals surface area contributed by atoms with E-state index in [0.29, 0.717) is 11.2 Å². The van der Waals surface area contributed by atoms with E-state index in [9.17, 15) is 0 Å². The molecule has 5 heteroatoms. The van der Waals surface area contributed by atoms with Gasteiger partial charge in [-0.3, -0.25) is 4.40 Å². The normalized spacial score (nSPS) is 19.6. The number of fused-ring (bicyclic) bond motifs is 1.